The van der Waals surface area contributed by atoms with Gasteiger partial charge in [-0.2, -0.15) is 0 Å². The SMILES string of the molecule is CCC(C)(C)C(C)(O)O. The standard InChI is InChI=1S/C7H16O2/c1-5-6(2,3)7(4,8)9/h8-9H,5H2,1-4H3. The van der Waals surface area contributed by atoms with Crippen molar-refractivity contribution in [1.29, 1.82) is 0 Å². The minimum Gasteiger partial charge on any atom is -0.365 e. The van der Waals surface area contributed by atoms with Gasteiger partial charge in [0.05, 0.1) is 0 Å². The Hall–Kier alpha value is -0.0800. The maximum atomic E-state index is 9.10. The lowest BCUT2D eigenvalue weighted by Gasteiger charge is -2.34. The molecule has 0 aromatic heterocycles. The molecular formula is C7H16O2. The van der Waals surface area contributed by atoms with Gasteiger partial charge >= 0.3 is 0 Å². The molecule has 0 aliphatic carbocycles. The summed E-state index contributed by atoms with van der Waals surface area (Å²) in [6, 6.07) is 0. The Morgan fingerprint density at radius 1 is 1.11 bits per heavy atom. The first-order valence-corrected chi connectivity index (χ1v) is 3.26. The molecule has 0 aromatic carbocycles. The topological polar surface area (TPSA) is 40.5 Å². The number of hydrogen-bond acceptors (Lipinski definition) is 2. The number of rotatable bonds is 2. The van der Waals surface area contributed by atoms with Gasteiger partial charge in [-0.3, -0.25) is 0 Å². The van der Waals surface area contributed by atoms with Crippen LogP contribution in [0.2, 0.25) is 0 Å². The summed E-state index contributed by atoms with van der Waals surface area (Å²) in [5.41, 5.74) is -0.410. The molecule has 2 heteroatoms. The van der Waals surface area contributed by atoms with Crippen LogP contribution in [0.5, 0.6) is 0 Å². The minimum atomic E-state index is -1.55. The van der Waals surface area contributed by atoms with Gasteiger partial charge in [0.1, 0.15) is 0 Å². The number of aliphatic hydroxyl groups is 2. The Bertz CT molecular complexity index is 89.6. The van der Waals surface area contributed by atoms with Crippen molar-refractivity contribution in [2.45, 2.75) is 39.9 Å². The summed E-state index contributed by atoms with van der Waals surface area (Å²) in [7, 11) is 0. The van der Waals surface area contributed by atoms with Crippen LogP contribution in [0, 0.1) is 5.41 Å². The lowest BCUT2D eigenvalue weighted by atomic mass is 9.82. The molecule has 0 rings (SSSR count). The second-order valence-corrected chi connectivity index (χ2v) is 3.26. The molecule has 2 nitrogen and oxygen atoms in total. The molecule has 0 saturated heterocycles. The highest BCUT2D eigenvalue weighted by Crippen LogP contribution is 2.31. The lowest BCUT2D eigenvalue weighted by Crippen LogP contribution is -2.40. The van der Waals surface area contributed by atoms with Crippen LogP contribution < -0.4 is 0 Å². The van der Waals surface area contributed by atoms with Crippen LogP contribution in [0.15, 0.2) is 0 Å². The highest BCUT2D eigenvalue weighted by Gasteiger charge is 2.35. The van der Waals surface area contributed by atoms with Gasteiger partial charge in [-0.05, 0) is 13.3 Å². The molecule has 0 spiro atoms. The summed E-state index contributed by atoms with van der Waals surface area (Å²) in [6.07, 6.45) is 0.760. The van der Waals surface area contributed by atoms with E-state index in [4.69, 9.17) is 10.2 Å². The predicted molar refractivity (Wildman–Crippen MR) is 36.9 cm³/mol. The van der Waals surface area contributed by atoms with Crippen LogP contribution >= 0.6 is 0 Å². The largest absolute Gasteiger partial charge is 0.365 e. The summed E-state index contributed by atoms with van der Waals surface area (Å²) in [4.78, 5) is 0. The fourth-order valence-corrected chi connectivity index (χ4v) is 0.335. The van der Waals surface area contributed by atoms with E-state index in [1.165, 1.54) is 6.92 Å². The molecule has 2 N–H and O–H groups in total. The Morgan fingerprint density at radius 2 is 1.44 bits per heavy atom. The molecule has 56 valence electrons. The van der Waals surface area contributed by atoms with Gasteiger partial charge in [0.15, 0.2) is 5.79 Å². The van der Waals surface area contributed by atoms with Gasteiger partial charge < -0.3 is 10.2 Å². The van der Waals surface area contributed by atoms with Gasteiger partial charge in [-0.25, -0.2) is 0 Å². The average Bonchev–Trinajstić information content (AvgIpc) is 1.64. The fourth-order valence-electron chi connectivity index (χ4n) is 0.335. The van der Waals surface area contributed by atoms with Crippen molar-refractivity contribution in [2.24, 2.45) is 5.41 Å². The van der Waals surface area contributed by atoms with E-state index in [9.17, 15) is 0 Å². The quantitative estimate of drug-likeness (QED) is 0.553. The Morgan fingerprint density at radius 3 is 1.44 bits per heavy atom. The van der Waals surface area contributed by atoms with Crippen LogP contribution in [-0.4, -0.2) is 16.0 Å². The molecule has 0 saturated carbocycles. The van der Waals surface area contributed by atoms with E-state index in [1.54, 1.807) is 0 Å². The highest BCUT2D eigenvalue weighted by molar-refractivity contribution is 4.78. The summed E-state index contributed by atoms with van der Waals surface area (Å²) in [6.45, 7) is 7.00. The molecule has 0 heterocycles. The van der Waals surface area contributed by atoms with Crippen LogP contribution in [0.1, 0.15) is 34.1 Å². The van der Waals surface area contributed by atoms with Gasteiger partial charge in [-0.1, -0.05) is 20.8 Å². The van der Waals surface area contributed by atoms with Crippen LogP contribution in [0.3, 0.4) is 0 Å². The smallest absolute Gasteiger partial charge is 0.164 e. The van der Waals surface area contributed by atoms with Crippen molar-refractivity contribution in [3.8, 4) is 0 Å². The van der Waals surface area contributed by atoms with E-state index in [2.05, 4.69) is 0 Å². The van der Waals surface area contributed by atoms with Crippen molar-refractivity contribution >= 4 is 0 Å². The van der Waals surface area contributed by atoms with Crippen molar-refractivity contribution in [3.05, 3.63) is 0 Å². The first-order chi connectivity index (χ1) is 3.81. The maximum absolute atomic E-state index is 9.10. The molecule has 0 fully saturated rings. The second-order valence-electron chi connectivity index (χ2n) is 3.26. The molecule has 0 amide bonds. The molecule has 0 radical (unpaired) electrons. The van der Waals surface area contributed by atoms with Crippen molar-refractivity contribution in [3.63, 3.8) is 0 Å². The maximum Gasteiger partial charge on any atom is 0.164 e. The second kappa shape index (κ2) is 2.27. The third kappa shape index (κ3) is 1.95. The van der Waals surface area contributed by atoms with Gasteiger partial charge in [-0.15, -0.1) is 0 Å². The van der Waals surface area contributed by atoms with Crippen molar-refractivity contribution in [1.82, 2.24) is 0 Å². The van der Waals surface area contributed by atoms with Crippen LogP contribution in [0.25, 0.3) is 0 Å². The zero-order valence-corrected chi connectivity index (χ0v) is 6.60. The predicted octanol–water partition coefficient (Wildman–Crippen LogP) is 1.12. The Balaban J connectivity index is 4.14. The van der Waals surface area contributed by atoms with Crippen LogP contribution in [-0.2, 0) is 0 Å². The van der Waals surface area contributed by atoms with E-state index in [-0.39, 0.29) is 0 Å². The first-order valence-electron chi connectivity index (χ1n) is 3.26. The fraction of sp³-hybridized carbons (Fsp3) is 1.00. The highest BCUT2D eigenvalue weighted by atomic mass is 16.5. The number of hydrogen-bond donors (Lipinski definition) is 2. The Labute approximate surface area is 56.5 Å². The van der Waals surface area contributed by atoms with Crippen LogP contribution in [0.4, 0.5) is 0 Å². The molecule has 9 heavy (non-hydrogen) atoms. The van der Waals surface area contributed by atoms with Gasteiger partial charge in [0.25, 0.3) is 0 Å². The first kappa shape index (κ1) is 8.92. The normalized spacial score (nSPS) is 14.0. The van der Waals surface area contributed by atoms with Gasteiger partial charge in [0, 0.05) is 5.41 Å². The van der Waals surface area contributed by atoms with E-state index >= 15 is 0 Å². The molecule has 0 aliphatic rings. The van der Waals surface area contributed by atoms with E-state index in [1.807, 2.05) is 20.8 Å². The van der Waals surface area contributed by atoms with E-state index in [0.29, 0.717) is 0 Å². The average molecular weight is 132 g/mol. The zero-order chi connectivity index (χ0) is 7.71. The van der Waals surface area contributed by atoms with Gasteiger partial charge in [0.2, 0.25) is 0 Å². The van der Waals surface area contributed by atoms with E-state index < -0.39 is 11.2 Å². The third-order valence-corrected chi connectivity index (χ3v) is 2.17. The molecular weight excluding hydrogens is 116 g/mol. The minimum absolute atomic E-state index is 0.410. The molecule has 0 bridgehead atoms. The molecule has 0 atom stereocenters. The molecule has 0 aromatic rings. The third-order valence-electron chi connectivity index (χ3n) is 2.17. The van der Waals surface area contributed by atoms with E-state index in [0.717, 1.165) is 6.42 Å². The summed E-state index contributed by atoms with van der Waals surface area (Å²) in [5, 5.41) is 18.2. The summed E-state index contributed by atoms with van der Waals surface area (Å²) >= 11 is 0. The molecule has 0 aliphatic heterocycles. The summed E-state index contributed by atoms with van der Waals surface area (Å²) < 4.78 is 0. The summed E-state index contributed by atoms with van der Waals surface area (Å²) in [5.74, 6) is -1.55. The molecule has 0 unspecified atom stereocenters. The zero-order valence-electron chi connectivity index (χ0n) is 6.60. The van der Waals surface area contributed by atoms with Crippen molar-refractivity contribution < 1.29 is 10.2 Å². The Kier molecular flexibility index (Phi) is 2.25. The van der Waals surface area contributed by atoms with Crippen molar-refractivity contribution in [2.75, 3.05) is 0 Å². The lowest BCUT2D eigenvalue weighted by molar-refractivity contribution is -0.219. The monoisotopic (exact) mass is 132 g/mol.